The van der Waals surface area contributed by atoms with Crippen molar-refractivity contribution >= 4 is 17.1 Å². The molecule has 0 N–H and O–H groups in total. The molecule has 6 nitrogen and oxygen atoms in total. The smallest absolute Gasteiger partial charge is 0.330 e. The average Bonchev–Trinajstić information content (AvgIpc) is 2.83. The van der Waals surface area contributed by atoms with Crippen molar-refractivity contribution < 1.29 is 9.18 Å². The van der Waals surface area contributed by atoms with Crippen LogP contribution in [0.15, 0.2) is 41.3 Å². The normalized spacial score (nSPS) is 14.7. The molecule has 4 rings (SSSR count). The number of amides is 1. The molecule has 3 heterocycles. The molecule has 1 fully saturated rings. The van der Waals surface area contributed by atoms with E-state index in [1.54, 1.807) is 13.2 Å². The Kier molecular flexibility index (Phi) is 3.86. The molecule has 0 aliphatic carbocycles. The number of benzene rings is 1. The van der Waals surface area contributed by atoms with Crippen molar-refractivity contribution in [2.45, 2.75) is 19.6 Å². The second-order valence-electron chi connectivity index (χ2n) is 6.76. The van der Waals surface area contributed by atoms with Crippen LogP contribution in [0.2, 0.25) is 0 Å². The minimum atomic E-state index is -0.960. The summed E-state index contributed by atoms with van der Waals surface area (Å²) in [6.45, 7) is 2.11. The lowest BCUT2D eigenvalue weighted by Crippen LogP contribution is -2.52. The summed E-state index contributed by atoms with van der Waals surface area (Å²) in [4.78, 5) is 30.7. The van der Waals surface area contributed by atoms with Crippen LogP contribution in [-0.4, -0.2) is 44.2 Å². The molecule has 0 atom stereocenters. The largest absolute Gasteiger partial charge is 0.335 e. The number of hydrogen-bond donors (Lipinski definition) is 0. The number of nitrogens with zero attached hydrogens (tertiary/aromatic N) is 4. The van der Waals surface area contributed by atoms with Crippen LogP contribution in [0.25, 0.3) is 22.3 Å². The number of pyridine rings is 1. The van der Waals surface area contributed by atoms with Gasteiger partial charge < -0.3 is 4.90 Å². The number of carbonyl (C=O) groups excluding carboxylic acids is 1. The van der Waals surface area contributed by atoms with E-state index < -0.39 is 6.17 Å². The minimum Gasteiger partial charge on any atom is -0.335 e. The monoisotopic (exact) mass is 354 g/mol. The van der Waals surface area contributed by atoms with Crippen molar-refractivity contribution in [2.75, 3.05) is 13.1 Å². The van der Waals surface area contributed by atoms with Gasteiger partial charge in [-0.1, -0.05) is 29.8 Å². The maximum atomic E-state index is 13.0. The average molecular weight is 354 g/mol. The first kappa shape index (κ1) is 16.5. The van der Waals surface area contributed by atoms with Gasteiger partial charge in [-0.05, 0) is 18.6 Å². The van der Waals surface area contributed by atoms with Crippen molar-refractivity contribution in [1.82, 2.24) is 19.0 Å². The number of fused-ring (bicyclic) bond motifs is 1. The zero-order chi connectivity index (χ0) is 18.4. The molecule has 0 spiro atoms. The second kappa shape index (κ2) is 6.09. The summed E-state index contributed by atoms with van der Waals surface area (Å²) in [7, 11) is 1.63. The first-order chi connectivity index (χ1) is 12.4. The van der Waals surface area contributed by atoms with E-state index in [0.717, 1.165) is 16.7 Å². The van der Waals surface area contributed by atoms with Gasteiger partial charge in [0.2, 0.25) is 5.91 Å². The van der Waals surface area contributed by atoms with Crippen molar-refractivity contribution in [2.24, 2.45) is 7.05 Å². The van der Waals surface area contributed by atoms with Crippen LogP contribution < -0.4 is 5.69 Å². The Morgan fingerprint density at radius 3 is 2.73 bits per heavy atom. The van der Waals surface area contributed by atoms with Gasteiger partial charge in [-0.25, -0.2) is 14.2 Å². The summed E-state index contributed by atoms with van der Waals surface area (Å²) in [6.07, 6.45) is 0.768. The quantitative estimate of drug-likeness (QED) is 0.722. The molecule has 0 saturated carbocycles. The molecule has 1 aliphatic rings. The highest BCUT2D eigenvalue weighted by atomic mass is 19.1. The van der Waals surface area contributed by atoms with E-state index in [1.165, 1.54) is 14.0 Å². The number of imidazole rings is 1. The summed E-state index contributed by atoms with van der Waals surface area (Å²) in [5.74, 6) is -0.255. The Morgan fingerprint density at radius 1 is 1.27 bits per heavy atom. The fourth-order valence-corrected chi connectivity index (χ4v) is 3.28. The van der Waals surface area contributed by atoms with E-state index in [1.807, 2.05) is 37.3 Å². The molecular formula is C19H19FN4O2. The number of aromatic nitrogens is 3. The van der Waals surface area contributed by atoms with E-state index in [9.17, 15) is 14.0 Å². The lowest BCUT2D eigenvalue weighted by molar-refractivity contribution is -0.138. The molecule has 1 saturated heterocycles. The number of hydrogen-bond acceptors (Lipinski definition) is 3. The Morgan fingerprint density at radius 2 is 2.04 bits per heavy atom. The molecule has 3 aromatic rings. The van der Waals surface area contributed by atoms with Crippen molar-refractivity contribution in [1.29, 1.82) is 0 Å². The van der Waals surface area contributed by atoms with Gasteiger partial charge in [-0.15, -0.1) is 0 Å². The van der Waals surface area contributed by atoms with Gasteiger partial charge in [-0.2, -0.15) is 0 Å². The van der Waals surface area contributed by atoms with Crippen LogP contribution in [0.5, 0.6) is 0 Å². The minimum absolute atomic E-state index is 0.102. The van der Waals surface area contributed by atoms with Crippen molar-refractivity contribution in [3.63, 3.8) is 0 Å². The molecule has 2 aromatic heterocycles. The molecule has 0 bridgehead atoms. The fourth-order valence-electron chi connectivity index (χ4n) is 3.28. The Hall–Kier alpha value is -2.96. The zero-order valence-electron chi connectivity index (χ0n) is 14.6. The third-order valence-electron chi connectivity index (χ3n) is 4.81. The standard InChI is InChI=1S/C19H19FN4O2/c1-12-4-3-5-13(6-12)14-7-16-18(21-8-14)22(2)19(26)24(16)11-17(25)23-9-15(20)10-23/h3-8,15H,9-11H2,1-2H3. The van der Waals surface area contributed by atoms with Crippen molar-refractivity contribution in [3.05, 3.63) is 52.6 Å². The maximum absolute atomic E-state index is 13.0. The Bertz CT molecular complexity index is 1060. The molecule has 26 heavy (non-hydrogen) atoms. The van der Waals surface area contributed by atoms with Gasteiger partial charge in [0.1, 0.15) is 12.7 Å². The predicted octanol–water partition coefficient (Wildman–Crippen LogP) is 1.89. The summed E-state index contributed by atoms with van der Waals surface area (Å²) >= 11 is 0. The number of alkyl halides is 1. The topological polar surface area (TPSA) is 60.1 Å². The summed E-state index contributed by atoms with van der Waals surface area (Å²) < 4.78 is 15.8. The zero-order valence-corrected chi connectivity index (χ0v) is 14.6. The van der Waals surface area contributed by atoms with Gasteiger partial charge in [-0.3, -0.25) is 13.9 Å². The Balaban J connectivity index is 1.76. The molecule has 0 unspecified atom stereocenters. The van der Waals surface area contributed by atoms with Gasteiger partial charge >= 0.3 is 5.69 Å². The van der Waals surface area contributed by atoms with Crippen LogP contribution >= 0.6 is 0 Å². The third kappa shape index (κ3) is 2.69. The van der Waals surface area contributed by atoms with E-state index in [4.69, 9.17) is 0 Å². The van der Waals surface area contributed by atoms with Crippen LogP contribution in [0.3, 0.4) is 0 Å². The highest BCUT2D eigenvalue weighted by Gasteiger charge is 2.31. The van der Waals surface area contributed by atoms with E-state index >= 15 is 0 Å². The first-order valence-electron chi connectivity index (χ1n) is 8.48. The first-order valence-corrected chi connectivity index (χ1v) is 8.48. The van der Waals surface area contributed by atoms with E-state index in [0.29, 0.717) is 11.2 Å². The number of carbonyl (C=O) groups is 1. The molecule has 1 aliphatic heterocycles. The van der Waals surface area contributed by atoms with Crippen LogP contribution in [0.1, 0.15) is 5.56 Å². The van der Waals surface area contributed by atoms with Gasteiger partial charge in [0.05, 0.1) is 18.6 Å². The van der Waals surface area contributed by atoms with Crippen molar-refractivity contribution in [3.8, 4) is 11.1 Å². The molecule has 0 radical (unpaired) electrons. The van der Waals surface area contributed by atoms with Crippen LogP contribution in [0.4, 0.5) is 4.39 Å². The molecule has 134 valence electrons. The van der Waals surface area contributed by atoms with Gasteiger partial charge in [0.15, 0.2) is 5.65 Å². The third-order valence-corrected chi connectivity index (χ3v) is 4.81. The number of halogens is 1. The Labute approximate surface area is 149 Å². The molecule has 1 aromatic carbocycles. The van der Waals surface area contributed by atoms with E-state index in [2.05, 4.69) is 4.98 Å². The molecular weight excluding hydrogens is 335 g/mol. The predicted molar refractivity (Wildman–Crippen MR) is 96.6 cm³/mol. The fraction of sp³-hybridized carbons (Fsp3) is 0.316. The van der Waals surface area contributed by atoms with Crippen LogP contribution in [0, 0.1) is 6.92 Å². The summed E-state index contributed by atoms with van der Waals surface area (Å²) in [5.41, 5.74) is 3.81. The van der Waals surface area contributed by atoms with E-state index in [-0.39, 0.29) is 31.2 Å². The second-order valence-corrected chi connectivity index (χ2v) is 6.76. The van der Waals surface area contributed by atoms with Gasteiger partial charge in [0, 0.05) is 18.8 Å². The van der Waals surface area contributed by atoms with Crippen LogP contribution in [-0.2, 0) is 18.4 Å². The lowest BCUT2D eigenvalue weighted by Gasteiger charge is -2.34. The molecule has 7 heteroatoms. The van der Waals surface area contributed by atoms with Gasteiger partial charge in [0.25, 0.3) is 0 Å². The maximum Gasteiger partial charge on any atom is 0.330 e. The highest BCUT2D eigenvalue weighted by Crippen LogP contribution is 2.23. The summed E-state index contributed by atoms with van der Waals surface area (Å²) in [6, 6.07) is 9.88. The molecule has 1 amide bonds. The number of aryl methyl sites for hydroxylation is 2. The summed E-state index contributed by atoms with van der Waals surface area (Å²) in [5, 5.41) is 0. The number of likely N-dealkylation sites (tertiary alicyclic amines) is 1. The highest BCUT2D eigenvalue weighted by molar-refractivity contribution is 5.82. The number of rotatable bonds is 3. The SMILES string of the molecule is Cc1cccc(-c2cnc3c(c2)n(CC(=O)N2CC(F)C2)c(=O)n3C)c1. The lowest BCUT2D eigenvalue weighted by atomic mass is 10.1.